The van der Waals surface area contributed by atoms with E-state index in [4.69, 9.17) is 4.74 Å². The smallest absolute Gasteiger partial charge is 0.314 e. The minimum atomic E-state index is -0.178. The van der Waals surface area contributed by atoms with Gasteiger partial charge in [0.1, 0.15) is 5.75 Å². The minimum Gasteiger partial charge on any atom is -0.496 e. The summed E-state index contributed by atoms with van der Waals surface area (Å²) in [4.78, 5) is 11.1. The number of hydrogen-bond acceptors (Lipinski definition) is 2. The van der Waals surface area contributed by atoms with Crippen LogP contribution in [-0.2, 0) is 12.0 Å². The first-order chi connectivity index (χ1) is 8.38. The van der Waals surface area contributed by atoms with E-state index in [1.807, 2.05) is 12.1 Å². The number of benzene rings is 1. The van der Waals surface area contributed by atoms with Gasteiger partial charge < -0.3 is 15.4 Å². The molecule has 0 saturated carbocycles. The zero-order chi connectivity index (χ0) is 13.8. The van der Waals surface area contributed by atoms with Crippen molar-refractivity contribution in [2.75, 3.05) is 14.2 Å². The minimum absolute atomic E-state index is 0.00830. The summed E-state index contributed by atoms with van der Waals surface area (Å²) in [6, 6.07) is 5.81. The van der Waals surface area contributed by atoms with E-state index in [0.717, 1.165) is 16.9 Å². The molecule has 18 heavy (non-hydrogen) atoms. The molecule has 1 aromatic rings. The van der Waals surface area contributed by atoms with Gasteiger partial charge in [0.25, 0.3) is 0 Å². The van der Waals surface area contributed by atoms with E-state index in [2.05, 4.69) is 37.5 Å². The molecule has 0 saturated heterocycles. The first-order valence-electron chi connectivity index (χ1n) is 6.01. The molecule has 1 rings (SSSR count). The van der Waals surface area contributed by atoms with Gasteiger partial charge in [-0.25, -0.2) is 4.79 Å². The molecule has 0 radical (unpaired) electrons. The van der Waals surface area contributed by atoms with Crippen LogP contribution in [0, 0.1) is 0 Å². The third kappa shape index (κ3) is 3.65. The molecule has 0 atom stereocenters. The lowest BCUT2D eigenvalue weighted by atomic mass is 9.85. The van der Waals surface area contributed by atoms with Gasteiger partial charge in [-0.3, -0.25) is 0 Å². The first kappa shape index (κ1) is 14.4. The summed E-state index contributed by atoms with van der Waals surface area (Å²) in [7, 11) is 3.27. The number of hydrogen-bond donors (Lipinski definition) is 2. The van der Waals surface area contributed by atoms with Crippen LogP contribution < -0.4 is 15.4 Å². The zero-order valence-electron chi connectivity index (χ0n) is 11.8. The molecule has 100 valence electrons. The van der Waals surface area contributed by atoms with Gasteiger partial charge in [-0.15, -0.1) is 0 Å². The Morgan fingerprint density at radius 1 is 1.33 bits per heavy atom. The second kappa shape index (κ2) is 5.76. The molecule has 4 heteroatoms. The predicted octanol–water partition coefficient (Wildman–Crippen LogP) is 2.42. The Morgan fingerprint density at radius 2 is 2.00 bits per heavy atom. The van der Waals surface area contributed by atoms with Gasteiger partial charge in [-0.1, -0.05) is 26.8 Å². The van der Waals surface area contributed by atoms with Gasteiger partial charge in [0.05, 0.1) is 7.11 Å². The van der Waals surface area contributed by atoms with Crippen molar-refractivity contribution in [3.8, 4) is 5.75 Å². The molecule has 0 aliphatic rings. The normalized spacial score (nSPS) is 10.9. The molecule has 1 aromatic carbocycles. The van der Waals surface area contributed by atoms with Crippen LogP contribution in [0.15, 0.2) is 18.2 Å². The second-order valence-corrected chi connectivity index (χ2v) is 5.22. The van der Waals surface area contributed by atoms with Crippen LogP contribution in [-0.4, -0.2) is 20.2 Å². The molecular weight excluding hydrogens is 228 g/mol. The summed E-state index contributed by atoms with van der Waals surface area (Å²) in [5.74, 6) is 0.881. The quantitative estimate of drug-likeness (QED) is 0.865. The Kier molecular flexibility index (Phi) is 4.59. The molecule has 0 aromatic heterocycles. The molecule has 0 heterocycles. The van der Waals surface area contributed by atoms with E-state index in [-0.39, 0.29) is 11.4 Å². The molecule has 0 aliphatic heterocycles. The highest BCUT2D eigenvalue weighted by Gasteiger charge is 2.19. The number of ether oxygens (including phenoxy) is 1. The monoisotopic (exact) mass is 250 g/mol. The molecule has 0 aliphatic carbocycles. The van der Waals surface area contributed by atoms with E-state index in [9.17, 15) is 4.79 Å². The van der Waals surface area contributed by atoms with E-state index >= 15 is 0 Å². The summed E-state index contributed by atoms with van der Waals surface area (Å²) >= 11 is 0. The topological polar surface area (TPSA) is 50.4 Å². The first-order valence-corrected chi connectivity index (χ1v) is 6.01. The fourth-order valence-corrected chi connectivity index (χ4v) is 1.72. The fourth-order valence-electron chi connectivity index (χ4n) is 1.72. The Hall–Kier alpha value is -1.71. The van der Waals surface area contributed by atoms with E-state index < -0.39 is 0 Å². The SMILES string of the molecule is CNC(=O)NCc1ccc(OC)c(C(C)(C)C)c1. The van der Waals surface area contributed by atoms with Crippen molar-refractivity contribution in [3.63, 3.8) is 0 Å². The average Bonchev–Trinajstić information content (AvgIpc) is 2.34. The highest BCUT2D eigenvalue weighted by atomic mass is 16.5. The molecule has 0 bridgehead atoms. The number of carbonyl (C=O) groups excluding carboxylic acids is 1. The number of rotatable bonds is 3. The van der Waals surface area contributed by atoms with Gasteiger partial charge in [-0.05, 0) is 28.7 Å². The van der Waals surface area contributed by atoms with Crippen LogP contribution in [0.5, 0.6) is 5.75 Å². The number of amides is 2. The van der Waals surface area contributed by atoms with Gasteiger partial charge in [0.15, 0.2) is 0 Å². The number of nitrogens with one attached hydrogen (secondary N) is 2. The molecule has 2 amide bonds. The lowest BCUT2D eigenvalue weighted by molar-refractivity contribution is 0.242. The largest absolute Gasteiger partial charge is 0.496 e. The molecular formula is C14H22N2O2. The van der Waals surface area contributed by atoms with Gasteiger partial charge >= 0.3 is 6.03 Å². The van der Waals surface area contributed by atoms with Crippen molar-refractivity contribution in [3.05, 3.63) is 29.3 Å². The standard InChI is InChI=1S/C14H22N2O2/c1-14(2,3)11-8-10(6-7-12(11)18-5)9-16-13(17)15-4/h6-8H,9H2,1-5H3,(H2,15,16,17). The third-order valence-electron chi connectivity index (χ3n) is 2.75. The summed E-state index contributed by atoms with van der Waals surface area (Å²) in [5.41, 5.74) is 2.21. The summed E-state index contributed by atoms with van der Waals surface area (Å²) < 4.78 is 5.37. The van der Waals surface area contributed by atoms with Crippen LogP contribution in [0.3, 0.4) is 0 Å². The van der Waals surface area contributed by atoms with Crippen molar-refractivity contribution in [1.29, 1.82) is 0 Å². The average molecular weight is 250 g/mol. The molecule has 0 fully saturated rings. The van der Waals surface area contributed by atoms with Crippen molar-refractivity contribution < 1.29 is 9.53 Å². The van der Waals surface area contributed by atoms with Crippen LogP contribution in [0.2, 0.25) is 0 Å². The van der Waals surface area contributed by atoms with Crippen LogP contribution in [0.4, 0.5) is 4.79 Å². The summed E-state index contributed by atoms with van der Waals surface area (Å²) in [6.07, 6.45) is 0. The Labute approximate surface area is 109 Å². The molecule has 0 unspecified atom stereocenters. The predicted molar refractivity (Wildman–Crippen MR) is 73.0 cm³/mol. The maximum atomic E-state index is 11.1. The van der Waals surface area contributed by atoms with Gasteiger partial charge in [-0.2, -0.15) is 0 Å². The summed E-state index contributed by atoms with van der Waals surface area (Å²) in [6.45, 7) is 6.93. The van der Waals surface area contributed by atoms with E-state index in [1.165, 1.54) is 0 Å². The van der Waals surface area contributed by atoms with Crippen LogP contribution in [0.25, 0.3) is 0 Å². The molecule has 4 nitrogen and oxygen atoms in total. The fraction of sp³-hybridized carbons (Fsp3) is 0.500. The highest BCUT2D eigenvalue weighted by molar-refractivity contribution is 5.73. The van der Waals surface area contributed by atoms with Crippen LogP contribution in [0.1, 0.15) is 31.9 Å². The second-order valence-electron chi connectivity index (χ2n) is 5.22. The van der Waals surface area contributed by atoms with E-state index in [0.29, 0.717) is 6.54 Å². The Morgan fingerprint density at radius 3 is 2.50 bits per heavy atom. The third-order valence-corrected chi connectivity index (χ3v) is 2.75. The van der Waals surface area contributed by atoms with Crippen LogP contribution >= 0.6 is 0 Å². The van der Waals surface area contributed by atoms with Gasteiger partial charge in [0, 0.05) is 13.6 Å². The lowest BCUT2D eigenvalue weighted by Gasteiger charge is -2.23. The Balaban J connectivity index is 2.93. The highest BCUT2D eigenvalue weighted by Crippen LogP contribution is 2.31. The summed E-state index contributed by atoms with van der Waals surface area (Å²) in [5, 5.41) is 5.30. The maximum Gasteiger partial charge on any atom is 0.314 e. The number of methoxy groups -OCH3 is 1. The zero-order valence-corrected chi connectivity index (χ0v) is 11.8. The molecule has 2 N–H and O–H groups in total. The van der Waals surface area contributed by atoms with Crippen molar-refractivity contribution in [1.82, 2.24) is 10.6 Å². The van der Waals surface area contributed by atoms with Crippen molar-refractivity contribution in [2.24, 2.45) is 0 Å². The lowest BCUT2D eigenvalue weighted by Crippen LogP contribution is -2.32. The molecule has 0 spiro atoms. The van der Waals surface area contributed by atoms with Crippen molar-refractivity contribution in [2.45, 2.75) is 32.7 Å². The van der Waals surface area contributed by atoms with E-state index in [1.54, 1.807) is 14.2 Å². The number of urea groups is 1. The number of carbonyl (C=O) groups is 1. The maximum absolute atomic E-state index is 11.1. The Bertz CT molecular complexity index is 422. The van der Waals surface area contributed by atoms with Crippen molar-refractivity contribution >= 4 is 6.03 Å². The van der Waals surface area contributed by atoms with Gasteiger partial charge in [0.2, 0.25) is 0 Å².